The molecule has 20 heavy (non-hydrogen) atoms. The molecule has 1 amide bonds. The van der Waals surface area contributed by atoms with Crippen LogP contribution in [-0.2, 0) is 4.79 Å². The molecule has 3 heteroatoms. The van der Waals surface area contributed by atoms with Gasteiger partial charge in [-0.15, -0.1) is 0 Å². The van der Waals surface area contributed by atoms with Gasteiger partial charge in [0.05, 0.1) is 0 Å². The number of primary amides is 1. The van der Waals surface area contributed by atoms with E-state index in [1.165, 1.54) is 25.7 Å². The standard InChI is InChI=1S/C17H26N2O/c1-12-8-7-9-13(2)15(12)16(17(18)20)19-14-10-5-3-4-6-11-14/h7-9,14,16,19H,3-6,10-11H2,1-2H3,(H2,18,20). The summed E-state index contributed by atoms with van der Waals surface area (Å²) in [6.07, 6.45) is 7.40. The third-order valence-electron chi connectivity index (χ3n) is 4.37. The van der Waals surface area contributed by atoms with E-state index in [0.29, 0.717) is 6.04 Å². The zero-order valence-electron chi connectivity index (χ0n) is 12.6. The van der Waals surface area contributed by atoms with Crippen molar-refractivity contribution in [2.24, 2.45) is 5.73 Å². The van der Waals surface area contributed by atoms with Crippen molar-refractivity contribution in [2.45, 2.75) is 64.5 Å². The van der Waals surface area contributed by atoms with E-state index in [-0.39, 0.29) is 11.9 Å². The van der Waals surface area contributed by atoms with Crippen LogP contribution in [0, 0.1) is 13.8 Å². The molecule has 1 aliphatic carbocycles. The quantitative estimate of drug-likeness (QED) is 0.829. The van der Waals surface area contributed by atoms with Crippen LogP contribution in [0.4, 0.5) is 0 Å². The van der Waals surface area contributed by atoms with Crippen LogP contribution in [0.5, 0.6) is 0 Å². The van der Waals surface area contributed by atoms with Crippen molar-refractivity contribution in [2.75, 3.05) is 0 Å². The van der Waals surface area contributed by atoms with Crippen molar-refractivity contribution >= 4 is 5.91 Å². The van der Waals surface area contributed by atoms with E-state index in [2.05, 4.69) is 5.32 Å². The summed E-state index contributed by atoms with van der Waals surface area (Å²) >= 11 is 0. The van der Waals surface area contributed by atoms with Crippen molar-refractivity contribution in [1.82, 2.24) is 5.32 Å². The summed E-state index contributed by atoms with van der Waals surface area (Å²) < 4.78 is 0. The van der Waals surface area contributed by atoms with E-state index in [1.54, 1.807) is 0 Å². The van der Waals surface area contributed by atoms with E-state index in [1.807, 2.05) is 32.0 Å². The Morgan fingerprint density at radius 3 is 2.20 bits per heavy atom. The molecular formula is C17H26N2O. The first-order valence-corrected chi connectivity index (χ1v) is 7.71. The van der Waals surface area contributed by atoms with Crippen molar-refractivity contribution in [3.63, 3.8) is 0 Å². The molecule has 110 valence electrons. The molecule has 2 rings (SSSR count). The van der Waals surface area contributed by atoms with Crippen LogP contribution in [-0.4, -0.2) is 11.9 Å². The minimum Gasteiger partial charge on any atom is -0.368 e. The second kappa shape index (κ2) is 6.89. The predicted molar refractivity (Wildman–Crippen MR) is 82.5 cm³/mol. The molecule has 1 fully saturated rings. The second-order valence-corrected chi connectivity index (χ2v) is 6.00. The topological polar surface area (TPSA) is 55.1 Å². The van der Waals surface area contributed by atoms with Gasteiger partial charge >= 0.3 is 0 Å². The number of hydrogen-bond donors (Lipinski definition) is 2. The van der Waals surface area contributed by atoms with Crippen molar-refractivity contribution in [1.29, 1.82) is 0 Å². The van der Waals surface area contributed by atoms with Crippen LogP contribution in [0.25, 0.3) is 0 Å². The third kappa shape index (κ3) is 3.60. The normalized spacial score (nSPS) is 18.5. The van der Waals surface area contributed by atoms with Gasteiger partial charge in [-0.1, -0.05) is 43.9 Å². The van der Waals surface area contributed by atoms with Gasteiger partial charge in [0.2, 0.25) is 5.91 Å². The first-order valence-electron chi connectivity index (χ1n) is 7.71. The summed E-state index contributed by atoms with van der Waals surface area (Å²) in [5.74, 6) is -0.272. The lowest BCUT2D eigenvalue weighted by molar-refractivity contribution is -0.120. The molecule has 3 nitrogen and oxygen atoms in total. The van der Waals surface area contributed by atoms with Crippen molar-refractivity contribution in [3.8, 4) is 0 Å². The van der Waals surface area contributed by atoms with Gasteiger partial charge in [0.25, 0.3) is 0 Å². The van der Waals surface area contributed by atoms with Crippen LogP contribution in [0.15, 0.2) is 18.2 Å². The Bertz CT molecular complexity index is 442. The molecule has 3 N–H and O–H groups in total. The zero-order valence-corrected chi connectivity index (χ0v) is 12.6. The lowest BCUT2D eigenvalue weighted by Crippen LogP contribution is -2.40. The fourth-order valence-electron chi connectivity index (χ4n) is 3.27. The first kappa shape index (κ1) is 15.0. The molecule has 1 atom stereocenters. The fourth-order valence-corrected chi connectivity index (χ4v) is 3.27. The fraction of sp³-hybridized carbons (Fsp3) is 0.588. The molecule has 0 aliphatic heterocycles. The highest BCUT2D eigenvalue weighted by Gasteiger charge is 2.25. The Balaban J connectivity index is 2.20. The number of benzene rings is 1. The van der Waals surface area contributed by atoms with E-state index in [9.17, 15) is 4.79 Å². The number of nitrogens with two attached hydrogens (primary N) is 1. The maximum absolute atomic E-state index is 11.9. The van der Waals surface area contributed by atoms with Gasteiger partial charge in [0.1, 0.15) is 6.04 Å². The number of amides is 1. The van der Waals surface area contributed by atoms with Gasteiger partial charge in [-0.05, 0) is 43.4 Å². The molecule has 0 aromatic heterocycles. The summed E-state index contributed by atoms with van der Waals surface area (Å²) in [5, 5.41) is 3.52. The molecule has 1 aromatic rings. The van der Waals surface area contributed by atoms with Crippen LogP contribution in [0.1, 0.15) is 61.3 Å². The van der Waals surface area contributed by atoms with Gasteiger partial charge in [-0.3, -0.25) is 10.1 Å². The largest absolute Gasteiger partial charge is 0.368 e. The predicted octanol–water partition coefficient (Wildman–Crippen LogP) is 3.14. The van der Waals surface area contributed by atoms with E-state index in [4.69, 9.17) is 5.73 Å². The number of nitrogens with one attached hydrogen (secondary N) is 1. The molecule has 1 aliphatic rings. The van der Waals surface area contributed by atoms with Crippen LogP contribution in [0.3, 0.4) is 0 Å². The van der Waals surface area contributed by atoms with Gasteiger partial charge in [0.15, 0.2) is 0 Å². The molecule has 1 saturated carbocycles. The van der Waals surface area contributed by atoms with Gasteiger partial charge in [-0.2, -0.15) is 0 Å². The van der Waals surface area contributed by atoms with Crippen molar-refractivity contribution in [3.05, 3.63) is 34.9 Å². The highest BCUT2D eigenvalue weighted by Crippen LogP contribution is 2.25. The van der Waals surface area contributed by atoms with Crippen molar-refractivity contribution < 1.29 is 4.79 Å². The number of rotatable bonds is 4. The molecule has 0 spiro atoms. The lowest BCUT2D eigenvalue weighted by atomic mass is 9.94. The average Bonchev–Trinajstić information content (AvgIpc) is 2.65. The molecule has 1 aromatic carbocycles. The lowest BCUT2D eigenvalue weighted by Gasteiger charge is -2.25. The summed E-state index contributed by atoms with van der Waals surface area (Å²) in [6, 6.07) is 6.17. The number of aryl methyl sites for hydroxylation is 2. The molecule has 0 saturated heterocycles. The molecular weight excluding hydrogens is 248 g/mol. The smallest absolute Gasteiger partial charge is 0.239 e. The summed E-state index contributed by atoms with van der Waals surface area (Å²) in [7, 11) is 0. The number of carbonyl (C=O) groups excluding carboxylic acids is 1. The Morgan fingerprint density at radius 2 is 1.70 bits per heavy atom. The number of carbonyl (C=O) groups is 1. The summed E-state index contributed by atoms with van der Waals surface area (Å²) in [6.45, 7) is 4.10. The Labute approximate surface area is 121 Å². The number of hydrogen-bond acceptors (Lipinski definition) is 2. The summed E-state index contributed by atoms with van der Waals surface area (Å²) in [4.78, 5) is 11.9. The molecule has 0 bridgehead atoms. The molecule has 0 heterocycles. The van der Waals surface area contributed by atoms with Gasteiger partial charge in [0, 0.05) is 6.04 Å². The monoisotopic (exact) mass is 274 g/mol. The Hall–Kier alpha value is -1.35. The van der Waals surface area contributed by atoms with Gasteiger partial charge in [-0.25, -0.2) is 0 Å². The highest BCUT2D eigenvalue weighted by atomic mass is 16.1. The highest BCUT2D eigenvalue weighted by molar-refractivity contribution is 5.82. The molecule has 0 radical (unpaired) electrons. The Morgan fingerprint density at radius 1 is 1.15 bits per heavy atom. The minimum absolute atomic E-state index is 0.272. The Kier molecular flexibility index (Phi) is 5.18. The van der Waals surface area contributed by atoms with E-state index >= 15 is 0 Å². The van der Waals surface area contributed by atoms with E-state index in [0.717, 1.165) is 29.5 Å². The van der Waals surface area contributed by atoms with Gasteiger partial charge < -0.3 is 5.73 Å². The van der Waals surface area contributed by atoms with Crippen LogP contribution in [0.2, 0.25) is 0 Å². The minimum atomic E-state index is -0.362. The molecule has 1 unspecified atom stereocenters. The first-order chi connectivity index (χ1) is 9.59. The van der Waals surface area contributed by atoms with Crippen LogP contribution < -0.4 is 11.1 Å². The van der Waals surface area contributed by atoms with E-state index < -0.39 is 0 Å². The second-order valence-electron chi connectivity index (χ2n) is 6.00. The maximum Gasteiger partial charge on any atom is 0.239 e. The zero-order chi connectivity index (χ0) is 14.5. The maximum atomic E-state index is 11.9. The SMILES string of the molecule is Cc1cccc(C)c1C(NC1CCCCCC1)C(N)=O. The van der Waals surface area contributed by atoms with Crippen LogP contribution >= 0.6 is 0 Å². The summed E-state index contributed by atoms with van der Waals surface area (Å²) in [5.41, 5.74) is 8.99. The average molecular weight is 274 g/mol. The third-order valence-corrected chi connectivity index (χ3v) is 4.37.